The van der Waals surface area contributed by atoms with Gasteiger partial charge in [-0.25, -0.2) is 26.8 Å². The maximum Gasteiger partial charge on any atom is 0.257 e. The molecule has 3 aromatic carbocycles. The van der Waals surface area contributed by atoms with Gasteiger partial charge >= 0.3 is 0 Å². The highest BCUT2D eigenvalue weighted by molar-refractivity contribution is 7.89. The highest BCUT2D eigenvalue weighted by Gasteiger charge is 2.29. The van der Waals surface area contributed by atoms with E-state index in [0.29, 0.717) is 68.0 Å². The molecule has 2 saturated heterocycles. The number of sulfonamides is 2. The first kappa shape index (κ1) is 30.8. The Morgan fingerprint density at radius 1 is 0.587 bits per heavy atom. The van der Waals surface area contributed by atoms with Crippen LogP contribution in [0.2, 0.25) is 0 Å². The average molecular weight is 697 g/mol. The van der Waals surface area contributed by atoms with Crippen molar-refractivity contribution >= 4 is 85.2 Å². The molecule has 0 aliphatic carbocycles. The Bertz CT molecular complexity index is 2040. The van der Waals surface area contributed by atoms with Gasteiger partial charge in [0.1, 0.15) is 0 Å². The summed E-state index contributed by atoms with van der Waals surface area (Å²) in [4.78, 5) is 35.1. The predicted molar refractivity (Wildman–Crippen MR) is 178 cm³/mol. The van der Waals surface area contributed by atoms with Crippen LogP contribution in [-0.2, 0) is 20.0 Å². The van der Waals surface area contributed by atoms with Gasteiger partial charge in [0.2, 0.25) is 20.0 Å². The van der Waals surface area contributed by atoms with Gasteiger partial charge in [0.25, 0.3) is 11.8 Å². The summed E-state index contributed by atoms with van der Waals surface area (Å²) in [7, 11) is -7.14. The Morgan fingerprint density at radius 3 is 1.33 bits per heavy atom. The molecule has 12 nitrogen and oxygen atoms in total. The van der Waals surface area contributed by atoms with Gasteiger partial charge in [-0.1, -0.05) is 22.7 Å². The number of anilines is 2. The maximum absolute atomic E-state index is 12.9. The van der Waals surface area contributed by atoms with Crippen molar-refractivity contribution in [2.24, 2.45) is 0 Å². The van der Waals surface area contributed by atoms with E-state index in [1.54, 1.807) is 24.3 Å². The van der Waals surface area contributed by atoms with Crippen LogP contribution in [0.25, 0.3) is 20.4 Å². The van der Waals surface area contributed by atoms with Gasteiger partial charge in [0.15, 0.2) is 10.3 Å². The number of aromatic nitrogens is 2. The van der Waals surface area contributed by atoms with E-state index in [4.69, 9.17) is 0 Å². The lowest BCUT2D eigenvalue weighted by atomic mass is 10.1. The highest BCUT2D eigenvalue weighted by Crippen LogP contribution is 2.32. The molecular formula is C30H28N6O6S4. The molecule has 2 N–H and O–H groups in total. The van der Waals surface area contributed by atoms with E-state index in [0.717, 1.165) is 25.7 Å². The summed E-state index contributed by atoms with van der Waals surface area (Å²) in [5, 5.41) is 6.15. The van der Waals surface area contributed by atoms with E-state index in [-0.39, 0.29) is 9.79 Å². The summed E-state index contributed by atoms with van der Waals surface area (Å²) < 4.78 is 56.0. The van der Waals surface area contributed by atoms with E-state index in [9.17, 15) is 26.4 Å². The van der Waals surface area contributed by atoms with E-state index in [1.807, 2.05) is 0 Å². The quantitative estimate of drug-likeness (QED) is 0.230. The van der Waals surface area contributed by atoms with E-state index >= 15 is 0 Å². The van der Waals surface area contributed by atoms with Crippen LogP contribution in [0.1, 0.15) is 46.4 Å². The number of carbonyl (C=O) groups excluding carboxylic acids is 2. The smallest absolute Gasteiger partial charge is 0.257 e. The minimum absolute atomic E-state index is 0.207. The zero-order valence-corrected chi connectivity index (χ0v) is 27.6. The number of hydrogen-bond acceptors (Lipinski definition) is 10. The fourth-order valence-electron chi connectivity index (χ4n) is 5.50. The zero-order chi connectivity index (χ0) is 32.1. The maximum atomic E-state index is 12.9. The molecule has 0 unspecified atom stereocenters. The number of benzene rings is 3. The van der Waals surface area contributed by atoms with E-state index in [2.05, 4.69) is 20.6 Å². The summed E-state index contributed by atoms with van der Waals surface area (Å²) >= 11 is 2.36. The number of nitrogens with one attached hydrogen (secondary N) is 2. The van der Waals surface area contributed by atoms with E-state index in [1.165, 1.54) is 67.7 Å². The number of rotatable bonds is 8. The summed E-state index contributed by atoms with van der Waals surface area (Å²) in [6.07, 6.45) is 3.40. The first-order chi connectivity index (χ1) is 22.1. The normalized spacial score (nSPS) is 16.3. The number of fused-ring (bicyclic) bond motifs is 2. The van der Waals surface area contributed by atoms with Crippen molar-refractivity contribution in [3.63, 3.8) is 0 Å². The Morgan fingerprint density at radius 2 is 0.957 bits per heavy atom. The van der Waals surface area contributed by atoms with Gasteiger partial charge in [-0.15, -0.1) is 0 Å². The van der Waals surface area contributed by atoms with Gasteiger partial charge in [-0.05, 0) is 86.3 Å². The second kappa shape index (κ2) is 12.1. The molecule has 0 saturated carbocycles. The summed E-state index contributed by atoms with van der Waals surface area (Å²) in [5.74, 6) is -0.858. The average Bonchev–Trinajstić information content (AvgIpc) is 3.87. The molecule has 238 valence electrons. The van der Waals surface area contributed by atoms with Crippen molar-refractivity contribution in [2.75, 3.05) is 36.8 Å². The number of nitrogens with zero attached hydrogens (tertiary/aromatic N) is 4. The van der Waals surface area contributed by atoms with Crippen LogP contribution in [0.4, 0.5) is 10.3 Å². The lowest BCUT2D eigenvalue weighted by molar-refractivity contribution is 0.101. The van der Waals surface area contributed by atoms with Crippen molar-refractivity contribution in [2.45, 2.75) is 35.5 Å². The molecule has 2 aromatic heterocycles. The monoisotopic (exact) mass is 696 g/mol. The van der Waals surface area contributed by atoms with Crippen molar-refractivity contribution in [3.8, 4) is 0 Å². The molecule has 5 aromatic rings. The SMILES string of the molecule is O=C(Nc1nc2ccc(S(=O)(=O)N3CCCC3)cc2s1)c1ccc(C(=O)Nc2nc3ccc(S(=O)(=O)N4CCCC4)cc3s2)cc1. The minimum Gasteiger partial charge on any atom is -0.298 e. The molecule has 2 aliphatic heterocycles. The Hall–Kier alpha value is -3.80. The summed E-state index contributed by atoms with van der Waals surface area (Å²) in [5.41, 5.74) is 1.76. The minimum atomic E-state index is -3.57. The van der Waals surface area contributed by atoms with E-state index < -0.39 is 31.9 Å². The van der Waals surface area contributed by atoms with Crippen LogP contribution >= 0.6 is 22.7 Å². The molecule has 0 spiro atoms. The molecule has 7 rings (SSSR count). The summed E-state index contributed by atoms with van der Waals surface area (Å²) in [6, 6.07) is 15.6. The van der Waals surface area contributed by atoms with Gasteiger partial charge in [0.05, 0.1) is 30.2 Å². The van der Waals surface area contributed by atoms with Gasteiger partial charge in [0, 0.05) is 37.3 Å². The second-order valence-corrected chi connectivity index (χ2v) is 16.9. The molecule has 16 heteroatoms. The predicted octanol–water partition coefficient (Wildman–Crippen LogP) is 4.98. The molecule has 0 atom stereocenters. The number of amides is 2. The molecule has 0 radical (unpaired) electrons. The van der Waals surface area contributed by atoms with Crippen LogP contribution < -0.4 is 10.6 Å². The van der Waals surface area contributed by atoms with Crippen LogP contribution in [0.15, 0.2) is 70.5 Å². The standard InChI is InChI=1S/C30H28N6O6S4/c37-27(33-29-31-23-11-9-21(17-25(23)43-29)45(39,40)35-13-1-2-14-35)19-5-7-20(8-6-19)28(38)34-30-32-24-12-10-22(18-26(24)44-30)46(41,42)36-15-3-4-16-36/h5-12,17-18H,1-4,13-16H2,(H,31,33,37)(H,32,34,38). The Labute approximate surface area is 273 Å². The number of hydrogen-bond donors (Lipinski definition) is 2. The molecular weight excluding hydrogens is 669 g/mol. The van der Waals surface area contributed by atoms with Gasteiger partial charge in [-0.3, -0.25) is 20.2 Å². The van der Waals surface area contributed by atoms with Crippen LogP contribution in [-0.4, -0.2) is 73.4 Å². The first-order valence-electron chi connectivity index (χ1n) is 14.6. The molecule has 2 aliphatic rings. The van der Waals surface area contributed by atoms with Gasteiger partial charge < -0.3 is 0 Å². The fourth-order valence-corrected chi connectivity index (χ4v) is 10.5. The van der Waals surface area contributed by atoms with Crippen molar-refractivity contribution < 1.29 is 26.4 Å². The van der Waals surface area contributed by atoms with Crippen LogP contribution in [0.3, 0.4) is 0 Å². The molecule has 46 heavy (non-hydrogen) atoms. The third-order valence-corrected chi connectivity index (χ3v) is 13.6. The topological polar surface area (TPSA) is 159 Å². The van der Waals surface area contributed by atoms with Crippen molar-refractivity contribution in [1.29, 1.82) is 0 Å². The fraction of sp³-hybridized carbons (Fsp3) is 0.267. The molecule has 2 amide bonds. The van der Waals surface area contributed by atoms with Crippen LogP contribution in [0, 0.1) is 0 Å². The second-order valence-electron chi connectivity index (χ2n) is 11.0. The third kappa shape index (κ3) is 5.91. The molecule has 2 fully saturated rings. The largest absolute Gasteiger partial charge is 0.298 e. The number of carbonyl (C=O) groups is 2. The third-order valence-electron chi connectivity index (χ3n) is 7.98. The highest BCUT2D eigenvalue weighted by atomic mass is 32.2. The zero-order valence-electron chi connectivity index (χ0n) is 24.3. The first-order valence-corrected chi connectivity index (χ1v) is 19.1. The van der Waals surface area contributed by atoms with Gasteiger partial charge in [-0.2, -0.15) is 8.61 Å². The number of thiazole rings is 2. The van der Waals surface area contributed by atoms with Crippen LogP contribution in [0.5, 0.6) is 0 Å². The molecule has 0 bridgehead atoms. The van der Waals surface area contributed by atoms with Crippen molar-refractivity contribution in [3.05, 3.63) is 71.8 Å². The Balaban J connectivity index is 1.01. The summed E-state index contributed by atoms with van der Waals surface area (Å²) in [6.45, 7) is 2.06. The lowest BCUT2D eigenvalue weighted by Gasteiger charge is -2.15. The van der Waals surface area contributed by atoms with Crippen molar-refractivity contribution in [1.82, 2.24) is 18.6 Å². The molecule has 4 heterocycles. The Kier molecular flexibility index (Phi) is 8.11. The lowest BCUT2D eigenvalue weighted by Crippen LogP contribution is -2.27.